The summed E-state index contributed by atoms with van der Waals surface area (Å²) in [6.45, 7) is -0.298. The molecule has 0 radical (unpaired) electrons. The Bertz CT molecular complexity index is 874. The summed E-state index contributed by atoms with van der Waals surface area (Å²) in [7, 11) is 1.57. The molecule has 0 aliphatic rings. The molecular formula is C19H17NO4. The number of methoxy groups -OCH3 is 1. The molecule has 0 saturated carbocycles. The summed E-state index contributed by atoms with van der Waals surface area (Å²) in [5.74, 6) is 0.203. The van der Waals surface area contributed by atoms with E-state index < -0.39 is 5.92 Å². The lowest BCUT2D eigenvalue weighted by atomic mass is 9.87. The van der Waals surface area contributed by atoms with Gasteiger partial charge in [-0.25, -0.2) is 0 Å². The Morgan fingerprint density at radius 3 is 2.46 bits per heavy atom. The van der Waals surface area contributed by atoms with Crippen LogP contribution < -0.4 is 4.74 Å². The van der Waals surface area contributed by atoms with Crippen LogP contribution in [0.5, 0.6) is 11.5 Å². The first-order chi connectivity index (χ1) is 11.6. The average molecular weight is 323 g/mol. The van der Waals surface area contributed by atoms with Crippen LogP contribution in [0.3, 0.4) is 0 Å². The van der Waals surface area contributed by atoms with Crippen LogP contribution in [0.2, 0.25) is 0 Å². The van der Waals surface area contributed by atoms with Gasteiger partial charge in [-0.15, -0.1) is 0 Å². The van der Waals surface area contributed by atoms with Gasteiger partial charge < -0.3 is 9.84 Å². The topological polar surface area (TPSA) is 72.6 Å². The fraction of sp³-hybridized carbons (Fsp3) is 0.158. The molecule has 0 bridgehead atoms. The van der Waals surface area contributed by atoms with Crippen LogP contribution in [0.25, 0.3) is 10.8 Å². The monoisotopic (exact) mass is 323 g/mol. The van der Waals surface area contributed by atoms with E-state index in [1.807, 2.05) is 30.3 Å². The van der Waals surface area contributed by atoms with Gasteiger partial charge in [-0.2, -0.15) is 0 Å². The summed E-state index contributed by atoms with van der Waals surface area (Å²) >= 11 is 0. The third kappa shape index (κ3) is 3.01. The Hall–Kier alpha value is -3.08. The maximum atomic E-state index is 11.2. The first-order valence-electron chi connectivity index (χ1n) is 7.56. The zero-order valence-corrected chi connectivity index (χ0v) is 13.2. The van der Waals surface area contributed by atoms with Crippen molar-refractivity contribution in [2.45, 2.75) is 5.92 Å². The van der Waals surface area contributed by atoms with E-state index in [0.717, 1.165) is 16.3 Å². The maximum absolute atomic E-state index is 11.2. The standard InChI is InChI=1S/C19H17NO4/c1-24-15-9-6-14(7-10-15)17(12-20(22)23)19-16-5-3-2-4-13(16)8-11-18(19)21/h2-11,17,21H,12H2,1H3/t17-/m0/s1. The molecule has 3 aromatic rings. The minimum absolute atomic E-state index is 0.0661. The summed E-state index contributed by atoms with van der Waals surface area (Å²) in [6, 6.07) is 18.1. The number of ether oxygens (including phenoxy) is 1. The number of phenolic OH excluding ortho intramolecular Hbond substituents is 1. The first kappa shape index (κ1) is 15.8. The molecule has 0 aromatic heterocycles. The molecule has 122 valence electrons. The predicted octanol–water partition coefficient (Wildman–Crippen LogP) is 3.96. The number of phenols is 1. The first-order valence-corrected chi connectivity index (χ1v) is 7.56. The van der Waals surface area contributed by atoms with E-state index in [2.05, 4.69) is 0 Å². The van der Waals surface area contributed by atoms with Crippen LogP contribution in [0.1, 0.15) is 17.0 Å². The Kier molecular flexibility index (Phi) is 4.33. The normalized spacial score (nSPS) is 12.0. The second-order valence-corrected chi connectivity index (χ2v) is 5.56. The molecule has 5 heteroatoms. The van der Waals surface area contributed by atoms with Gasteiger partial charge >= 0.3 is 0 Å². The largest absolute Gasteiger partial charge is 0.508 e. The van der Waals surface area contributed by atoms with Gasteiger partial charge in [-0.1, -0.05) is 42.5 Å². The van der Waals surface area contributed by atoms with Crippen LogP contribution in [0.15, 0.2) is 60.7 Å². The molecule has 0 aliphatic carbocycles. The smallest absolute Gasteiger partial charge is 0.214 e. The molecule has 3 aromatic carbocycles. The number of hydrogen-bond donors (Lipinski definition) is 1. The van der Waals surface area contributed by atoms with Crippen molar-refractivity contribution < 1.29 is 14.8 Å². The summed E-state index contributed by atoms with van der Waals surface area (Å²) < 4.78 is 5.15. The molecule has 5 nitrogen and oxygen atoms in total. The van der Waals surface area contributed by atoms with Crippen LogP contribution >= 0.6 is 0 Å². The van der Waals surface area contributed by atoms with E-state index in [-0.39, 0.29) is 17.2 Å². The summed E-state index contributed by atoms with van der Waals surface area (Å²) in [6.07, 6.45) is 0. The van der Waals surface area contributed by atoms with Gasteiger partial charge in [0.05, 0.1) is 13.0 Å². The predicted molar refractivity (Wildman–Crippen MR) is 92.3 cm³/mol. The van der Waals surface area contributed by atoms with Crippen molar-refractivity contribution in [2.24, 2.45) is 0 Å². The summed E-state index contributed by atoms with van der Waals surface area (Å²) in [4.78, 5) is 10.9. The third-order valence-corrected chi connectivity index (χ3v) is 4.15. The zero-order chi connectivity index (χ0) is 17.1. The molecule has 0 amide bonds. The average Bonchev–Trinajstić information content (AvgIpc) is 2.60. The molecule has 0 fully saturated rings. The number of nitrogens with zero attached hydrogens (tertiary/aromatic N) is 1. The summed E-state index contributed by atoms with van der Waals surface area (Å²) in [5, 5.41) is 23.4. The van der Waals surface area contributed by atoms with E-state index >= 15 is 0 Å². The van der Waals surface area contributed by atoms with Crippen molar-refractivity contribution in [1.29, 1.82) is 0 Å². The summed E-state index contributed by atoms with van der Waals surface area (Å²) in [5.41, 5.74) is 1.34. The lowest BCUT2D eigenvalue weighted by molar-refractivity contribution is -0.481. The van der Waals surface area contributed by atoms with Gasteiger partial charge in [-0.05, 0) is 34.5 Å². The van der Waals surface area contributed by atoms with Crippen molar-refractivity contribution in [1.82, 2.24) is 0 Å². The van der Waals surface area contributed by atoms with Crippen molar-refractivity contribution in [3.8, 4) is 11.5 Å². The van der Waals surface area contributed by atoms with Crippen LogP contribution in [0, 0.1) is 10.1 Å². The molecule has 0 aliphatic heterocycles. The number of aromatic hydroxyl groups is 1. The fourth-order valence-electron chi connectivity index (χ4n) is 3.00. The molecular weight excluding hydrogens is 306 g/mol. The molecule has 1 atom stereocenters. The van der Waals surface area contributed by atoms with E-state index in [4.69, 9.17) is 4.74 Å². The number of rotatable bonds is 5. The fourth-order valence-corrected chi connectivity index (χ4v) is 3.00. The molecule has 0 unspecified atom stereocenters. The molecule has 0 spiro atoms. The molecule has 0 saturated heterocycles. The maximum Gasteiger partial charge on any atom is 0.214 e. The second kappa shape index (κ2) is 6.58. The van der Waals surface area contributed by atoms with Crippen molar-refractivity contribution in [2.75, 3.05) is 13.7 Å². The molecule has 0 heterocycles. The van der Waals surface area contributed by atoms with Crippen LogP contribution in [0.4, 0.5) is 0 Å². The Labute approximate surface area is 139 Å². The van der Waals surface area contributed by atoms with Crippen molar-refractivity contribution >= 4 is 10.8 Å². The Morgan fingerprint density at radius 1 is 1.08 bits per heavy atom. The lowest BCUT2D eigenvalue weighted by Crippen LogP contribution is -2.14. The Morgan fingerprint density at radius 2 is 1.79 bits per heavy atom. The number of fused-ring (bicyclic) bond motifs is 1. The van der Waals surface area contributed by atoms with Crippen molar-refractivity contribution in [3.63, 3.8) is 0 Å². The van der Waals surface area contributed by atoms with Gasteiger partial charge in [0.2, 0.25) is 6.54 Å². The van der Waals surface area contributed by atoms with Crippen LogP contribution in [-0.4, -0.2) is 23.7 Å². The highest BCUT2D eigenvalue weighted by Crippen LogP contribution is 2.37. The molecule has 24 heavy (non-hydrogen) atoms. The van der Waals surface area contributed by atoms with Gasteiger partial charge in [0, 0.05) is 10.5 Å². The zero-order valence-electron chi connectivity index (χ0n) is 13.2. The number of nitro groups is 1. The second-order valence-electron chi connectivity index (χ2n) is 5.56. The van der Waals surface area contributed by atoms with Crippen molar-refractivity contribution in [3.05, 3.63) is 81.9 Å². The van der Waals surface area contributed by atoms with Gasteiger partial charge in [0.15, 0.2) is 0 Å². The highest BCUT2D eigenvalue weighted by atomic mass is 16.6. The lowest BCUT2D eigenvalue weighted by Gasteiger charge is -2.18. The highest BCUT2D eigenvalue weighted by molar-refractivity contribution is 5.88. The van der Waals surface area contributed by atoms with Gasteiger partial charge in [-0.3, -0.25) is 10.1 Å². The molecule has 1 N–H and O–H groups in total. The quantitative estimate of drug-likeness (QED) is 0.570. The third-order valence-electron chi connectivity index (χ3n) is 4.15. The van der Waals surface area contributed by atoms with E-state index in [1.54, 1.807) is 37.4 Å². The van der Waals surface area contributed by atoms with Gasteiger partial charge in [0.1, 0.15) is 11.5 Å². The van der Waals surface area contributed by atoms with E-state index in [1.165, 1.54) is 0 Å². The SMILES string of the molecule is COc1ccc([C@H](C[N+](=O)[O-])c2c(O)ccc3ccccc23)cc1. The minimum atomic E-state index is -0.544. The van der Waals surface area contributed by atoms with Crippen LogP contribution in [-0.2, 0) is 0 Å². The molecule has 3 rings (SSSR count). The highest BCUT2D eigenvalue weighted by Gasteiger charge is 2.25. The van der Waals surface area contributed by atoms with E-state index in [9.17, 15) is 15.2 Å². The number of benzene rings is 3. The Balaban J connectivity index is 2.19. The minimum Gasteiger partial charge on any atom is -0.508 e. The number of hydrogen-bond acceptors (Lipinski definition) is 4. The van der Waals surface area contributed by atoms with E-state index in [0.29, 0.717) is 11.3 Å². The van der Waals surface area contributed by atoms with Gasteiger partial charge in [0.25, 0.3) is 0 Å².